The van der Waals surface area contributed by atoms with Gasteiger partial charge in [0.2, 0.25) is 0 Å². The fourth-order valence-electron chi connectivity index (χ4n) is 2.30. The third-order valence-electron chi connectivity index (χ3n) is 3.92. The van der Waals surface area contributed by atoms with Crippen LogP contribution in [0.2, 0.25) is 0 Å². The van der Waals surface area contributed by atoms with Crippen LogP contribution in [0.4, 0.5) is 0 Å². The van der Waals surface area contributed by atoms with Gasteiger partial charge in [-0.25, -0.2) is 4.79 Å². The zero-order valence-electron chi connectivity index (χ0n) is 15.8. The van der Waals surface area contributed by atoms with E-state index in [2.05, 4.69) is 4.99 Å². The maximum Gasteiger partial charge on any atom is 0.332 e. The number of phenolic OH excluding ortho intramolecular Hbond substituents is 2. The topological polar surface area (TPSA) is 127 Å². The quantitative estimate of drug-likeness (QED) is 0.435. The summed E-state index contributed by atoms with van der Waals surface area (Å²) in [6.07, 6.45) is 0. The minimum Gasteiger partial charge on any atom is -0.507 e. The van der Waals surface area contributed by atoms with Gasteiger partial charge in [0.1, 0.15) is 17.4 Å². The molecule has 0 saturated heterocycles. The Hall–Kier alpha value is -2.01. The van der Waals surface area contributed by atoms with Gasteiger partial charge in [0.25, 0.3) is 0 Å². The number of aliphatic carboxylic acids is 1. The Bertz CT molecular complexity index is 711. The number of aromatic hydroxyl groups is 2. The molecule has 0 radical (unpaired) electrons. The third-order valence-corrected chi connectivity index (χ3v) is 5.20. The highest BCUT2D eigenvalue weighted by molar-refractivity contribution is 8.14. The highest BCUT2D eigenvalue weighted by atomic mass is 32.2. The number of hydrogen-bond acceptors (Lipinski definition) is 9. The SMILES string of the molecule is COCCOCCOCCOc1ccc(O)c(C2=NC(C)(C(=O)O)CS2)c1O. The Morgan fingerprint density at radius 3 is 2.39 bits per heavy atom. The van der Waals surface area contributed by atoms with Gasteiger partial charge in [0, 0.05) is 12.9 Å². The first-order chi connectivity index (χ1) is 13.4. The monoisotopic (exact) mass is 415 g/mol. The standard InChI is InChI=1S/C18H25NO8S/c1-18(17(22)23)11-28-16(19-18)14-12(20)3-4-13(15(14)21)27-10-9-26-8-7-25-6-5-24-2/h3-4,20-21H,5-11H2,1-2H3,(H,22,23). The van der Waals surface area contributed by atoms with Crippen LogP contribution >= 0.6 is 11.8 Å². The van der Waals surface area contributed by atoms with Crippen LogP contribution < -0.4 is 4.74 Å². The van der Waals surface area contributed by atoms with E-state index in [0.717, 1.165) is 11.8 Å². The molecular formula is C18H25NO8S. The summed E-state index contributed by atoms with van der Waals surface area (Å²) in [5.41, 5.74) is -1.23. The van der Waals surface area contributed by atoms with Crippen LogP contribution in [-0.4, -0.2) is 84.4 Å². The van der Waals surface area contributed by atoms with Gasteiger partial charge in [-0.1, -0.05) is 0 Å². The number of ether oxygens (including phenoxy) is 4. The minimum atomic E-state index is -1.30. The van der Waals surface area contributed by atoms with E-state index in [-0.39, 0.29) is 46.8 Å². The molecule has 0 aromatic heterocycles. The molecule has 1 unspecified atom stereocenters. The summed E-state index contributed by atoms with van der Waals surface area (Å²) in [6, 6.07) is 2.80. The molecule has 9 nitrogen and oxygen atoms in total. The lowest BCUT2D eigenvalue weighted by Crippen LogP contribution is -2.33. The smallest absolute Gasteiger partial charge is 0.332 e. The van der Waals surface area contributed by atoms with Gasteiger partial charge in [-0.3, -0.25) is 4.99 Å². The van der Waals surface area contributed by atoms with Crippen LogP contribution in [0, 0.1) is 0 Å². The van der Waals surface area contributed by atoms with Crippen LogP contribution in [0.5, 0.6) is 17.2 Å². The summed E-state index contributed by atoms with van der Waals surface area (Å²) in [6.45, 7) is 3.83. The fraction of sp³-hybridized carbons (Fsp3) is 0.556. The third kappa shape index (κ3) is 5.74. The van der Waals surface area contributed by atoms with Crippen molar-refractivity contribution in [1.29, 1.82) is 0 Å². The Labute approximate surface area is 167 Å². The molecule has 3 N–H and O–H groups in total. The van der Waals surface area contributed by atoms with E-state index in [9.17, 15) is 20.1 Å². The van der Waals surface area contributed by atoms with E-state index in [0.29, 0.717) is 26.4 Å². The lowest BCUT2D eigenvalue weighted by Gasteiger charge is -2.13. The van der Waals surface area contributed by atoms with Gasteiger partial charge in [0.05, 0.1) is 38.6 Å². The van der Waals surface area contributed by atoms with Gasteiger partial charge in [-0.2, -0.15) is 0 Å². The van der Waals surface area contributed by atoms with E-state index in [1.807, 2.05) is 0 Å². The van der Waals surface area contributed by atoms with E-state index in [1.54, 1.807) is 7.11 Å². The molecule has 0 spiro atoms. The molecule has 1 aromatic rings. The molecule has 1 aliphatic heterocycles. The van der Waals surface area contributed by atoms with Crippen molar-refractivity contribution in [2.75, 3.05) is 52.5 Å². The lowest BCUT2D eigenvalue weighted by molar-refractivity contribution is -0.141. The highest BCUT2D eigenvalue weighted by Gasteiger charge is 2.40. The predicted octanol–water partition coefficient (Wildman–Crippen LogP) is 1.49. The van der Waals surface area contributed by atoms with Crippen molar-refractivity contribution in [3.63, 3.8) is 0 Å². The zero-order chi connectivity index (χ0) is 20.6. The number of carboxylic acids is 1. The van der Waals surface area contributed by atoms with E-state index in [1.165, 1.54) is 19.1 Å². The summed E-state index contributed by atoms with van der Waals surface area (Å²) >= 11 is 1.16. The molecule has 156 valence electrons. The molecule has 0 bridgehead atoms. The van der Waals surface area contributed by atoms with Gasteiger partial charge < -0.3 is 34.3 Å². The summed E-state index contributed by atoms with van der Waals surface area (Å²) in [5.74, 6) is -1.19. The summed E-state index contributed by atoms with van der Waals surface area (Å²) < 4.78 is 21.0. The number of benzene rings is 1. The Morgan fingerprint density at radius 2 is 1.79 bits per heavy atom. The van der Waals surface area contributed by atoms with Crippen molar-refractivity contribution in [1.82, 2.24) is 0 Å². The van der Waals surface area contributed by atoms with Crippen molar-refractivity contribution >= 4 is 22.8 Å². The first-order valence-corrected chi connectivity index (χ1v) is 9.66. The average molecular weight is 415 g/mol. The highest BCUT2D eigenvalue weighted by Crippen LogP contribution is 2.42. The molecule has 1 atom stereocenters. The second kappa shape index (κ2) is 10.5. The van der Waals surface area contributed by atoms with E-state index in [4.69, 9.17) is 18.9 Å². The molecule has 28 heavy (non-hydrogen) atoms. The van der Waals surface area contributed by atoms with Gasteiger partial charge >= 0.3 is 5.97 Å². The minimum absolute atomic E-state index is 0.0694. The van der Waals surface area contributed by atoms with Crippen molar-refractivity contribution in [2.45, 2.75) is 12.5 Å². The summed E-state index contributed by atoms with van der Waals surface area (Å²) in [7, 11) is 1.60. The number of hydrogen-bond donors (Lipinski definition) is 3. The first-order valence-electron chi connectivity index (χ1n) is 8.67. The summed E-state index contributed by atoms with van der Waals surface area (Å²) in [5, 5.41) is 30.1. The molecule has 0 saturated carbocycles. The number of carbonyl (C=O) groups is 1. The number of nitrogens with zero attached hydrogens (tertiary/aromatic N) is 1. The maximum absolute atomic E-state index is 11.3. The second-order valence-corrected chi connectivity index (χ2v) is 7.12. The Kier molecular flexibility index (Phi) is 8.36. The molecule has 1 heterocycles. The van der Waals surface area contributed by atoms with Crippen LogP contribution in [0.25, 0.3) is 0 Å². The van der Waals surface area contributed by atoms with Gasteiger partial charge in [0.15, 0.2) is 17.0 Å². The van der Waals surface area contributed by atoms with E-state index >= 15 is 0 Å². The number of thioether (sulfide) groups is 1. The van der Waals surface area contributed by atoms with Crippen molar-refractivity contribution in [3.05, 3.63) is 17.7 Å². The number of methoxy groups -OCH3 is 1. The summed E-state index contributed by atoms with van der Waals surface area (Å²) in [4.78, 5) is 15.5. The number of rotatable bonds is 12. The molecule has 1 aromatic carbocycles. The Balaban J connectivity index is 1.90. The van der Waals surface area contributed by atoms with E-state index < -0.39 is 11.5 Å². The lowest BCUT2D eigenvalue weighted by atomic mass is 10.1. The largest absolute Gasteiger partial charge is 0.507 e. The number of carboxylic acid groups (broad SMARTS) is 1. The van der Waals surface area contributed by atoms with Crippen LogP contribution in [0.3, 0.4) is 0 Å². The molecular weight excluding hydrogens is 390 g/mol. The molecule has 0 aliphatic carbocycles. The number of phenols is 2. The molecule has 2 rings (SSSR count). The fourth-order valence-corrected chi connectivity index (χ4v) is 3.52. The number of aliphatic imine (C=N–C) groups is 1. The second-order valence-electron chi connectivity index (χ2n) is 6.16. The molecule has 0 amide bonds. The molecule has 0 fully saturated rings. The van der Waals surface area contributed by atoms with Crippen molar-refractivity contribution < 1.29 is 39.1 Å². The maximum atomic E-state index is 11.3. The van der Waals surface area contributed by atoms with Crippen molar-refractivity contribution in [2.24, 2.45) is 4.99 Å². The molecule has 10 heteroatoms. The predicted molar refractivity (Wildman–Crippen MR) is 104 cm³/mol. The van der Waals surface area contributed by atoms with Crippen LogP contribution in [0.1, 0.15) is 12.5 Å². The van der Waals surface area contributed by atoms with Gasteiger partial charge in [-0.05, 0) is 19.1 Å². The Morgan fingerprint density at radius 1 is 1.14 bits per heavy atom. The first kappa shape index (κ1) is 22.3. The van der Waals surface area contributed by atoms with Crippen LogP contribution in [-0.2, 0) is 19.0 Å². The van der Waals surface area contributed by atoms with Gasteiger partial charge in [-0.15, -0.1) is 11.8 Å². The normalized spacial score (nSPS) is 18.9. The molecule has 1 aliphatic rings. The van der Waals surface area contributed by atoms with Crippen molar-refractivity contribution in [3.8, 4) is 17.2 Å². The van der Waals surface area contributed by atoms with Crippen LogP contribution in [0.15, 0.2) is 17.1 Å². The zero-order valence-corrected chi connectivity index (χ0v) is 16.7. The average Bonchev–Trinajstić information content (AvgIpc) is 3.05.